The maximum atomic E-state index is 11.6. The van der Waals surface area contributed by atoms with Crippen LogP contribution in [-0.2, 0) is 9.53 Å². The topological polar surface area (TPSA) is 76.1 Å². The molecule has 7 heteroatoms. The van der Waals surface area contributed by atoms with E-state index in [-0.39, 0.29) is 12.5 Å². The Morgan fingerprint density at radius 3 is 2.94 bits per heavy atom. The van der Waals surface area contributed by atoms with E-state index in [9.17, 15) is 4.79 Å². The minimum atomic E-state index is -0.167. The molecule has 1 aliphatic heterocycles. The van der Waals surface area contributed by atoms with Crippen LogP contribution >= 0.6 is 11.3 Å². The number of hydrogen-bond donors (Lipinski definition) is 2. The van der Waals surface area contributed by atoms with Gasteiger partial charge in [-0.2, -0.15) is 0 Å². The first-order valence-electron chi connectivity index (χ1n) is 6.12. The van der Waals surface area contributed by atoms with E-state index in [1.807, 2.05) is 6.92 Å². The number of anilines is 1. The first-order valence-corrected chi connectivity index (χ1v) is 6.94. The number of rotatable bonds is 5. The second-order valence-electron chi connectivity index (χ2n) is 4.38. The molecule has 2 heterocycles. The van der Waals surface area contributed by atoms with E-state index >= 15 is 0 Å². The molecular weight excluding hydrogens is 252 g/mol. The summed E-state index contributed by atoms with van der Waals surface area (Å²) in [6.07, 6.45) is 2.24. The third-order valence-electron chi connectivity index (χ3n) is 2.82. The van der Waals surface area contributed by atoms with Gasteiger partial charge < -0.3 is 10.1 Å². The van der Waals surface area contributed by atoms with E-state index in [1.165, 1.54) is 11.3 Å². The number of aryl methyl sites for hydroxylation is 1. The molecule has 100 valence electrons. The van der Waals surface area contributed by atoms with Crippen molar-refractivity contribution in [3.8, 4) is 0 Å². The third-order valence-corrected chi connectivity index (χ3v) is 3.57. The quantitative estimate of drug-likeness (QED) is 0.827. The number of nitrogens with zero attached hydrogens (tertiary/aromatic N) is 2. The van der Waals surface area contributed by atoms with Crippen LogP contribution in [0.15, 0.2) is 0 Å². The van der Waals surface area contributed by atoms with Gasteiger partial charge in [-0.3, -0.25) is 10.1 Å². The molecule has 0 saturated carbocycles. The highest BCUT2D eigenvalue weighted by Gasteiger charge is 2.14. The summed E-state index contributed by atoms with van der Waals surface area (Å²) in [7, 11) is 0. The SMILES string of the molecule is Cc1nnc(NC(=O)COCC2CCNCC2)s1. The number of piperidine rings is 1. The van der Waals surface area contributed by atoms with Gasteiger partial charge in [-0.15, -0.1) is 10.2 Å². The van der Waals surface area contributed by atoms with Gasteiger partial charge in [0.25, 0.3) is 5.91 Å². The fourth-order valence-corrected chi connectivity index (χ4v) is 2.48. The molecule has 1 saturated heterocycles. The first kappa shape index (κ1) is 13.4. The van der Waals surface area contributed by atoms with Crippen molar-refractivity contribution in [2.75, 3.05) is 31.6 Å². The second-order valence-corrected chi connectivity index (χ2v) is 5.56. The van der Waals surface area contributed by atoms with Crippen molar-refractivity contribution < 1.29 is 9.53 Å². The van der Waals surface area contributed by atoms with Gasteiger partial charge >= 0.3 is 0 Å². The minimum absolute atomic E-state index is 0.0859. The van der Waals surface area contributed by atoms with Crippen molar-refractivity contribution in [1.29, 1.82) is 0 Å². The van der Waals surface area contributed by atoms with Gasteiger partial charge in [0.05, 0.1) is 6.61 Å². The first-order chi connectivity index (χ1) is 8.74. The average Bonchev–Trinajstić information content (AvgIpc) is 2.76. The van der Waals surface area contributed by atoms with E-state index < -0.39 is 0 Å². The maximum absolute atomic E-state index is 11.6. The predicted octanol–water partition coefficient (Wildman–Crippen LogP) is 0.801. The summed E-state index contributed by atoms with van der Waals surface area (Å²) in [6.45, 7) is 4.68. The Kier molecular flexibility index (Phi) is 5.03. The molecular formula is C11H18N4O2S. The Hall–Kier alpha value is -1.05. The fraction of sp³-hybridized carbons (Fsp3) is 0.727. The monoisotopic (exact) mass is 270 g/mol. The number of aromatic nitrogens is 2. The third kappa shape index (κ3) is 4.32. The highest BCUT2D eigenvalue weighted by molar-refractivity contribution is 7.15. The second kappa shape index (κ2) is 6.77. The lowest BCUT2D eigenvalue weighted by atomic mass is 9.99. The molecule has 18 heavy (non-hydrogen) atoms. The summed E-state index contributed by atoms with van der Waals surface area (Å²) in [5, 5.41) is 15.0. The van der Waals surface area contributed by atoms with Crippen molar-refractivity contribution in [3.63, 3.8) is 0 Å². The summed E-state index contributed by atoms with van der Waals surface area (Å²) < 4.78 is 5.43. The van der Waals surface area contributed by atoms with E-state index in [0.29, 0.717) is 17.7 Å². The smallest absolute Gasteiger partial charge is 0.252 e. The molecule has 1 aromatic rings. The number of nitrogens with one attached hydrogen (secondary N) is 2. The summed E-state index contributed by atoms with van der Waals surface area (Å²) in [4.78, 5) is 11.6. The molecule has 0 spiro atoms. The molecule has 1 amide bonds. The van der Waals surface area contributed by atoms with Crippen LogP contribution in [0.25, 0.3) is 0 Å². The van der Waals surface area contributed by atoms with Crippen molar-refractivity contribution >= 4 is 22.4 Å². The van der Waals surface area contributed by atoms with Gasteiger partial charge in [-0.1, -0.05) is 11.3 Å². The predicted molar refractivity (Wildman–Crippen MR) is 69.7 cm³/mol. The van der Waals surface area contributed by atoms with Crippen LogP contribution in [0.1, 0.15) is 17.8 Å². The van der Waals surface area contributed by atoms with E-state index in [4.69, 9.17) is 4.74 Å². The lowest BCUT2D eigenvalue weighted by molar-refractivity contribution is -0.121. The molecule has 0 aromatic carbocycles. The zero-order chi connectivity index (χ0) is 12.8. The lowest BCUT2D eigenvalue weighted by Gasteiger charge is -2.22. The van der Waals surface area contributed by atoms with Gasteiger partial charge in [0.15, 0.2) is 0 Å². The van der Waals surface area contributed by atoms with Gasteiger partial charge in [-0.05, 0) is 38.8 Å². The van der Waals surface area contributed by atoms with Crippen molar-refractivity contribution in [3.05, 3.63) is 5.01 Å². The van der Waals surface area contributed by atoms with Crippen molar-refractivity contribution in [1.82, 2.24) is 15.5 Å². The number of amides is 1. The molecule has 0 aliphatic carbocycles. The molecule has 0 radical (unpaired) electrons. The molecule has 0 atom stereocenters. The highest BCUT2D eigenvalue weighted by Crippen LogP contribution is 2.14. The number of ether oxygens (including phenoxy) is 1. The highest BCUT2D eigenvalue weighted by atomic mass is 32.1. The fourth-order valence-electron chi connectivity index (χ4n) is 1.87. The van der Waals surface area contributed by atoms with Gasteiger partial charge in [0.2, 0.25) is 5.13 Å². The number of carbonyl (C=O) groups is 1. The zero-order valence-electron chi connectivity index (χ0n) is 10.4. The van der Waals surface area contributed by atoms with Crippen LogP contribution in [0.3, 0.4) is 0 Å². The largest absolute Gasteiger partial charge is 0.371 e. The van der Waals surface area contributed by atoms with E-state index in [1.54, 1.807) is 0 Å². The Labute approximate surface area is 110 Å². The molecule has 1 aromatic heterocycles. The van der Waals surface area contributed by atoms with E-state index in [2.05, 4.69) is 20.8 Å². The minimum Gasteiger partial charge on any atom is -0.371 e. The summed E-state index contributed by atoms with van der Waals surface area (Å²) in [5.74, 6) is 0.405. The van der Waals surface area contributed by atoms with Crippen LogP contribution in [0.2, 0.25) is 0 Å². The van der Waals surface area contributed by atoms with Crippen LogP contribution in [0, 0.1) is 12.8 Å². The van der Waals surface area contributed by atoms with Crippen molar-refractivity contribution in [2.45, 2.75) is 19.8 Å². The Balaban J connectivity index is 1.62. The number of hydrogen-bond acceptors (Lipinski definition) is 6. The van der Waals surface area contributed by atoms with Crippen LogP contribution in [-0.4, -0.2) is 42.4 Å². The van der Waals surface area contributed by atoms with Crippen LogP contribution in [0.4, 0.5) is 5.13 Å². The van der Waals surface area contributed by atoms with Crippen molar-refractivity contribution in [2.24, 2.45) is 5.92 Å². The summed E-state index contributed by atoms with van der Waals surface area (Å²) in [6, 6.07) is 0. The molecule has 2 rings (SSSR count). The Bertz CT molecular complexity index is 390. The Morgan fingerprint density at radius 1 is 1.50 bits per heavy atom. The van der Waals surface area contributed by atoms with Crippen LogP contribution < -0.4 is 10.6 Å². The lowest BCUT2D eigenvalue weighted by Crippen LogP contribution is -2.30. The van der Waals surface area contributed by atoms with Gasteiger partial charge in [0.1, 0.15) is 11.6 Å². The normalized spacial score (nSPS) is 16.7. The molecule has 1 aliphatic rings. The molecule has 0 bridgehead atoms. The zero-order valence-corrected chi connectivity index (χ0v) is 11.3. The average molecular weight is 270 g/mol. The van der Waals surface area contributed by atoms with Crippen LogP contribution in [0.5, 0.6) is 0 Å². The van der Waals surface area contributed by atoms with E-state index in [0.717, 1.165) is 30.9 Å². The molecule has 6 nitrogen and oxygen atoms in total. The van der Waals surface area contributed by atoms with Gasteiger partial charge in [0, 0.05) is 0 Å². The van der Waals surface area contributed by atoms with Gasteiger partial charge in [-0.25, -0.2) is 0 Å². The summed E-state index contributed by atoms with van der Waals surface area (Å²) in [5.41, 5.74) is 0. The standard InChI is InChI=1S/C11H18N4O2S/c1-8-14-15-11(18-8)13-10(16)7-17-6-9-2-4-12-5-3-9/h9,12H,2-7H2,1H3,(H,13,15,16). The number of carbonyl (C=O) groups excluding carboxylic acids is 1. The maximum Gasteiger partial charge on any atom is 0.252 e. The summed E-state index contributed by atoms with van der Waals surface area (Å²) >= 11 is 1.36. The Morgan fingerprint density at radius 2 is 2.28 bits per heavy atom. The molecule has 2 N–H and O–H groups in total. The molecule has 1 fully saturated rings. The molecule has 0 unspecified atom stereocenters.